The number of carbonyl (C=O) groups is 1. The molecule has 27 heavy (non-hydrogen) atoms. The smallest absolute Gasteiger partial charge is 0.254 e. The molecule has 0 saturated heterocycles. The molecule has 0 radical (unpaired) electrons. The third-order valence-corrected chi connectivity index (χ3v) is 5.96. The maximum Gasteiger partial charge on any atom is 0.254 e. The van der Waals surface area contributed by atoms with Crippen molar-refractivity contribution < 1.29 is 4.79 Å². The number of nitrogens with one attached hydrogen (secondary N) is 1. The summed E-state index contributed by atoms with van der Waals surface area (Å²) in [5.74, 6) is 0.850. The Labute approximate surface area is 161 Å². The van der Waals surface area contributed by atoms with Crippen LogP contribution in [0.1, 0.15) is 55.5 Å². The van der Waals surface area contributed by atoms with E-state index in [1.54, 1.807) is 0 Å². The molecule has 0 aliphatic heterocycles. The quantitative estimate of drug-likeness (QED) is 0.619. The average Bonchev–Trinajstić information content (AvgIpc) is 3.00. The van der Waals surface area contributed by atoms with E-state index in [4.69, 9.17) is 0 Å². The van der Waals surface area contributed by atoms with Gasteiger partial charge in [-0.3, -0.25) is 4.79 Å². The Morgan fingerprint density at radius 1 is 1.07 bits per heavy atom. The molecule has 0 spiro atoms. The zero-order valence-corrected chi connectivity index (χ0v) is 16.2. The lowest BCUT2D eigenvalue weighted by atomic mass is 9.83. The first kappa shape index (κ1) is 17.8. The van der Waals surface area contributed by atoms with Gasteiger partial charge in [-0.25, -0.2) is 0 Å². The molecule has 3 nitrogen and oxygen atoms in total. The standard InChI is InChI=1S/C24H28N2O/c1-24(2,19-11-4-3-5-12-19)25-23(27)21-17-26(16-15-18-9-8-10-18)22-14-7-6-13-20(21)22/h3-7,11-14,17-18H,8-10,15-16H2,1-2H3,(H,25,27). The van der Waals surface area contributed by atoms with Crippen molar-refractivity contribution in [2.45, 2.75) is 51.6 Å². The third kappa shape index (κ3) is 3.64. The summed E-state index contributed by atoms with van der Waals surface area (Å²) in [6.45, 7) is 5.09. The number of hydrogen-bond donors (Lipinski definition) is 1. The molecule has 1 aliphatic carbocycles. The van der Waals surface area contributed by atoms with Crippen molar-refractivity contribution in [3.05, 3.63) is 71.9 Å². The van der Waals surface area contributed by atoms with Gasteiger partial charge in [0.15, 0.2) is 0 Å². The van der Waals surface area contributed by atoms with Crippen LogP contribution < -0.4 is 5.32 Å². The number of aryl methyl sites for hydroxylation is 1. The van der Waals surface area contributed by atoms with Crippen LogP contribution in [0.2, 0.25) is 0 Å². The van der Waals surface area contributed by atoms with E-state index < -0.39 is 5.54 Å². The van der Waals surface area contributed by atoms with Gasteiger partial charge >= 0.3 is 0 Å². The maximum absolute atomic E-state index is 13.1. The fourth-order valence-corrected chi connectivity index (χ4v) is 3.99. The Bertz CT molecular complexity index is 935. The van der Waals surface area contributed by atoms with Gasteiger partial charge in [0.05, 0.1) is 11.1 Å². The number of amides is 1. The predicted octanol–water partition coefficient (Wildman–Crippen LogP) is 5.50. The van der Waals surface area contributed by atoms with E-state index in [0.29, 0.717) is 0 Å². The monoisotopic (exact) mass is 360 g/mol. The molecule has 140 valence electrons. The first-order valence-corrected chi connectivity index (χ1v) is 10.0. The summed E-state index contributed by atoms with van der Waals surface area (Å²) in [7, 11) is 0. The second kappa shape index (κ2) is 7.22. The number of rotatable bonds is 6. The van der Waals surface area contributed by atoms with Crippen molar-refractivity contribution in [1.82, 2.24) is 9.88 Å². The summed E-state index contributed by atoms with van der Waals surface area (Å²) in [6, 6.07) is 18.4. The van der Waals surface area contributed by atoms with Crippen LogP contribution in [0.3, 0.4) is 0 Å². The van der Waals surface area contributed by atoms with E-state index in [0.717, 1.165) is 34.5 Å². The summed E-state index contributed by atoms with van der Waals surface area (Å²) in [6.07, 6.45) is 7.34. The van der Waals surface area contributed by atoms with Crippen molar-refractivity contribution >= 4 is 16.8 Å². The molecule has 2 aromatic carbocycles. The van der Waals surface area contributed by atoms with Gasteiger partial charge in [0.25, 0.3) is 5.91 Å². The molecule has 1 amide bonds. The highest BCUT2D eigenvalue weighted by atomic mass is 16.1. The SMILES string of the molecule is CC(C)(NC(=O)c1cn(CCC2CCC2)c2ccccc12)c1ccccc1. The van der Waals surface area contributed by atoms with Crippen molar-refractivity contribution in [3.8, 4) is 0 Å². The molecule has 1 N–H and O–H groups in total. The van der Waals surface area contributed by atoms with Gasteiger partial charge in [0.2, 0.25) is 0 Å². The van der Waals surface area contributed by atoms with Gasteiger partial charge in [0, 0.05) is 23.6 Å². The minimum atomic E-state index is -0.423. The summed E-state index contributed by atoms with van der Waals surface area (Å²) in [5, 5.41) is 4.26. The Morgan fingerprint density at radius 2 is 1.78 bits per heavy atom. The lowest BCUT2D eigenvalue weighted by Crippen LogP contribution is -2.40. The maximum atomic E-state index is 13.1. The van der Waals surface area contributed by atoms with Gasteiger partial charge in [-0.05, 0) is 37.8 Å². The Hall–Kier alpha value is -2.55. The number of benzene rings is 2. The Balaban J connectivity index is 1.59. The molecular formula is C24H28N2O. The van der Waals surface area contributed by atoms with Gasteiger partial charge < -0.3 is 9.88 Å². The zero-order valence-electron chi connectivity index (χ0n) is 16.2. The molecule has 1 fully saturated rings. The number of hydrogen-bond acceptors (Lipinski definition) is 1. The fourth-order valence-electron chi connectivity index (χ4n) is 3.99. The molecule has 0 bridgehead atoms. The lowest BCUT2D eigenvalue weighted by Gasteiger charge is -2.27. The largest absolute Gasteiger partial charge is 0.347 e. The highest BCUT2D eigenvalue weighted by Crippen LogP contribution is 2.31. The lowest BCUT2D eigenvalue weighted by molar-refractivity contribution is 0.0913. The molecule has 3 heteroatoms. The third-order valence-electron chi connectivity index (χ3n) is 5.96. The molecule has 0 atom stereocenters. The number of carbonyl (C=O) groups excluding carboxylic acids is 1. The first-order chi connectivity index (χ1) is 13.0. The van der Waals surface area contributed by atoms with Gasteiger partial charge in [-0.1, -0.05) is 67.8 Å². The number of para-hydroxylation sites is 1. The molecule has 1 aromatic heterocycles. The molecule has 4 rings (SSSR count). The zero-order chi connectivity index (χ0) is 18.9. The predicted molar refractivity (Wildman–Crippen MR) is 111 cm³/mol. The van der Waals surface area contributed by atoms with Crippen LogP contribution in [0.15, 0.2) is 60.8 Å². The number of fused-ring (bicyclic) bond motifs is 1. The van der Waals surface area contributed by atoms with E-state index in [1.807, 2.05) is 30.5 Å². The topological polar surface area (TPSA) is 34.0 Å². The van der Waals surface area contributed by atoms with Crippen LogP contribution >= 0.6 is 0 Å². The molecule has 1 heterocycles. The normalized spacial score (nSPS) is 14.9. The fraction of sp³-hybridized carbons (Fsp3) is 0.375. The summed E-state index contributed by atoms with van der Waals surface area (Å²) in [5.41, 5.74) is 2.60. The van der Waals surface area contributed by atoms with Crippen molar-refractivity contribution in [3.63, 3.8) is 0 Å². The first-order valence-electron chi connectivity index (χ1n) is 10.0. The Kier molecular flexibility index (Phi) is 4.77. The van der Waals surface area contributed by atoms with E-state index in [-0.39, 0.29) is 5.91 Å². The van der Waals surface area contributed by atoms with Crippen LogP contribution in [-0.4, -0.2) is 10.5 Å². The number of aromatic nitrogens is 1. The molecule has 1 aliphatic rings. The summed E-state index contributed by atoms with van der Waals surface area (Å²) in [4.78, 5) is 13.1. The van der Waals surface area contributed by atoms with Crippen LogP contribution in [0.25, 0.3) is 10.9 Å². The summed E-state index contributed by atoms with van der Waals surface area (Å²) < 4.78 is 2.26. The second-order valence-electron chi connectivity index (χ2n) is 8.28. The van der Waals surface area contributed by atoms with Gasteiger partial charge in [0.1, 0.15) is 0 Å². The second-order valence-corrected chi connectivity index (χ2v) is 8.28. The number of nitrogens with zero attached hydrogens (tertiary/aromatic N) is 1. The van der Waals surface area contributed by atoms with E-state index >= 15 is 0 Å². The van der Waals surface area contributed by atoms with Gasteiger partial charge in [-0.15, -0.1) is 0 Å². The Morgan fingerprint density at radius 3 is 2.48 bits per heavy atom. The molecule has 1 saturated carbocycles. The average molecular weight is 361 g/mol. The van der Waals surface area contributed by atoms with Gasteiger partial charge in [-0.2, -0.15) is 0 Å². The van der Waals surface area contributed by atoms with Crippen molar-refractivity contribution in [2.24, 2.45) is 5.92 Å². The highest BCUT2D eigenvalue weighted by Gasteiger charge is 2.25. The molecule has 0 unspecified atom stereocenters. The van der Waals surface area contributed by atoms with Crippen LogP contribution in [-0.2, 0) is 12.1 Å². The van der Waals surface area contributed by atoms with E-state index in [2.05, 4.69) is 54.1 Å². The van der Waals surface area contributed by atoms with Crippen LogP contribution in [0.5, 0.6) is 0 Å². The van der Waals surface area contributed by atoms with Crippen molar-refractivity contribution in [2.75, 3.05) is 0 Å². The molecule has 3 aromatic rings. The summed E-state index contributed by atoms with van der Waals surface area (Å²) >= 11 is 0. The van der Waals surface area contributed by atoms with E-state index in [9.17, 15) is 4.79 Å². The van der Waals surface area contributed by atoms with Crippen LogP contribution in [0.4, 0.5) is 0 Å². The molecular weight excluding hydrogens is 332 g/mol. The minimum absolute atomic E-state index is 0.0116. The van der Waals surface area contributed by atoms with Crippen molar-refractivity contribution in [1.29, 1.82) is 0 Å². The van der Waals surface area contributed by atoms with E-state index in [1.165, 1.54) is 25.7 Å². The van der Waals surface area contributed by atoms with Crippen LogP contribution in [0, 0.1) is 5.92 Å². The highest BCUT2D eigenvalue weighted by molar-refractivity contribution is 6.07. The minimum Gasteiger partial charge on any atom is -0.347 e.